The third-order valence-electron chi connectivity index (χ3n) is 5.69. The van der Waals surface area contributed by atoms with Crippen molar-refractivity contribution in [2.75, 3.05) is 23.8 Å². The summed E-state index contributed by atoms with van der Waals surface area (Å²) < 4.78 is 31.2. The van der Waals surface area contributed by atoms with E-state index in [0.717, 1.165) is 31.6 Å². The summed E-state index contributed by atoms with van der Waals surface area (Å²) in [5.74, 6) is 0.351. The highest BCUT2D eigenvalue weighted by Gasteiger charge is 2.19. The number of rotatable bonds is 8. The minimum Gasteiger partial charge on any atom is -0.384 e. The minimum absolute atomic E-state index is 0.0159. The second-order valence-corrected chi connectivity index (χ2v) is 10.2. The maximum atomic E-state index is 12.8. The lowest BCUT2D eigenvalue weighted by Crippen LogP contribution is -2.21. The van der Waals surface area contributed by atoms with Crippen LogP contribution in [-0.2, 0) is 14.6 Å². The summed E-state index contributed by atoms with van der Waals surface area (Å²) in [6.45, 7) is 1.23. The number of hydrogen-bond acceptors (Lipinski definition) is 7. The van der Waals surface area contributed by atoms with E-state index in [9.17, 15) is 23.3 Å². The highest BCUT2D eigenvalue weighted by molar-refractivity contribution is 7.91. The number of carbonyl (C=O) groups is 1. The molecule has 1 atom stereocenters. The zero-order valence-corrected chi connectivity index (χ0v) is 20.5. The summed E-state index contributed by atoms with van der Waals surface area (Å²) in [6, 6.07) is 16.6. The number of aliphatic imine (C=N–C) groups is 1. The van der Waals surface area contributed by atoms with Crippen molar-refractivity contribution in [3.05, 3.63) is 88.5 Å². The van der Waals surface area contributed by atoms with E-state index in [1.807, 2.05) is 0 Å². The van der Waals surface area contributed by atoms with Gasteiger partial charge in [0.15, 0.2) is 0 Å². The van der Waals surface area contributed by atoms with Crippen LogP contribution in [0.3, 0.4) is 0 Å². The molecule has 0 aromatic heterocycles. The molecule has 0 bridgehead atoms. The van der Waals surface area contributed by atoms with Crippen LogP contribution >= 0.6 is 0 Å². The van der Waals surface area contributed by atoms with Gasteiger partial charge in [0.2, 0.25) is 9.84 Å². The van der Waals surface area contributed by atoms with E-state index in [4.69, 9.17) is 10.5 Å². The molecule has 1 fully saturated rings. The van der Waals surface area contributed by atoms with Gasteiger partial charge in [-0.05, 0) is 61.4 Å². The molecule has 0 saturated carbocycles. The van der Waals surface area contributed by atoms with Gasteiger partial charge in [0.1, 0.15) is 5.84 Å². The van der Waals surface area contributed by atoms with Crippen molar-refractivity contribution in [2.45, 2.75) is 28.7 Å². The van der Waals surface area contributed by atoms with Gasteiger partial charge < -0.3 is 21.1 Å². The molecule has 3 aromatic carbocycles. The lowest BCUT2D eigenvalue weighted by molar-refractivity contribution is -0.384. The number of nitrogens with zero attached hydrogens (tertiary/aromatic N) is 2. The lowest BCUT2D eigenvalue weighted by atomic mass is 10.2. The van der Waals surface area contributed by atoms with Gasteiger partial charge >= 0.3 is 6.03 Å². The average molecular weight is 524 g/mol. The van der Waals surface area contributed by atoms with Crippen molar-refractivity contribution in [2.24, 2.45) is 10.7 Å². The number of hydrogen-bond donors (Lipinski definition) is 3. The van der Waals surface area contributed by atoms with Gasteiger partial charge in [0.25, 0.3) is 5.69 Å². The van der Waals surface area contributed by atoms with Gasteiger partial charge in [0, 0.05) is 35.7 Å². The standard InChI is InChI=1S/C25H25N5O6S/c26-24(27-16-21-5-2-14-36-21)17-3-1-4-19(15-17)29-25(31)28-18-6-10-22(11-7-18)37(34,35)23-12-8-20(9-13-23)30(32)33/h1,3-4,6-13,15,21H,2,5,14,16H2,(H2,26,27)(H2,28,29,31). The zero-order valence-electron chi connectivity index (χ0n) is 19.7. The van der Waals surface area contributed by atoms with Crippen LogP contribution in [0.4, 0.5) is 21.9 Å². The molecule has 37 heavy (non-hydrogen) atoms. The normalized spacial score (nSPS) is 15.8. The van der Waals surface area contributed by atoms with Gasteiger partial charge in [-0.25, -0.2) is 13.2 Å². The van der Waals surface area contributed by atoms with Crippen molar-refractivity contribution in [3.8, 4) is 0 Å². The number of non-ortho nitro benzene ring substituents is 1. The lowest BCUT2D eigenvalue weighted by Gasteiger charge is -2.11. The highest BCUT2D eigenvalue weighted by Crippen LogP contribution is 2.24. The first kappa shape index (κ1) is 25.8. The van der Waals surface area contributed by atoms with E-state index in [0.29, 0.717) is 29.3 Å². The molecule has 2 amide bonds. The minimum atomic E-state index is -3.88. The molecular weight excluding hydrogens is 498 g/mol. The Kier molecular flexibility index (Phi) is 7.80. The summed E-state index contributed by atoms with van der Waals surface area (Å²) in [4.78, 5) is 27.0. The molecule has 1 aliphatic rings. The summed E-state index contributed by atoms with van der Waals surface area (Å²) in [5.41, 5.74) is 7.43. The van der Waals surface area contributed by atoms with E-state index in [-0.39, 0.29) is 21.6 Å². The van der Waals surface area contributed by atoms with E-state index in [2.05, 4.69) is 15.6 Å². The fraction of sp³-hybridized carbons (Fsp3) is 0.200. The SMILES string of the molecule is NC(=NCC1CCCO1)c1cccc(NC(=O)Nc2ccc(S(=O)(=O)c3ccc([N+](=O)[O-])cc3)cc2)c1. The third-order valence-corrected chi connectivity index (χ3v) is 7.47. The van der Waals surface area contributed by atoms with Crippen LogP contribution in [0.1, 0.15) is 18.4 Å². The van der Waals surface area contributed by atoms with Crippen molar-refractivity contribution < 1.29 is 22.9 Å². The number of nitro benzene ring substituents is 1. The highest BCUT2D eigenvalue weighted by atomic mass is 32.2. The first-order chi connectivity index (χ1) is 17.7. The maximum Gasteiger partial charge on any atom is 0.323 e. The van der Waals surface area contributed by atoms with E-state index in [1.165, 1.54) is 36.4 Å². The summed E-state index contributed by atoms with van der Waals surface area (Å²) in [7, 11) is -3.88. The number of carbonyl (C=O) groups excluding carboxylic acids is 1. The van der Waals surface area contributed by atoms with Gasteiger partial charge in [-0.2, -0.15) is 0 Å². The van der Waals surface area contributed by atoms with Crippen molar-refractivity contribution in [1.29, 1.82) is 0 Å². The molecule has 1 saturated heterocycles. The van der Waals surface area contributed by atoms with Crippen molar-refractivity contribution in [1.82, 2.24) is 0 Å². The number of benzene rings is 3. The molecule has 1 aliphatic heterocycles. The fourth-order valence-corrected chi connectivity index (χ4v) is 4.99. The Morgan fingerprint density at radius 3 is 2.30 bits per heavy atom. The molecule has 11 nitrogen and oxygen atoms in total. The molecule has 0 radical (unpaired) electrons. The monoisotopic (exact) mass is 523 g/mol. The molecule has 12 heteroatoms. The number of sulfone groups is 1. The predicted octanol–water partition coefficient (Wildman–Crippen LogP) is 3.96. The van der Waals surface area contributed by atoms with Crippen molar-refractivity contribution in [3.63, 3.8) is 0 Å². The first-order valence-electron chi connectivity index (χ1n) is 11.4. The summed E-state index contributed by atoms with van der Waals surface area (Å²) in [5, 5.41) is 16.1. The van der Waals surface area contributed by atoms with Crippen LogP contribution in [0, 0.1) is 10.1 Å². The Balaban J connectivity index is 1.37. The molecule has 4 N–H and O–H groups in total. The zero-order chi connectivity index (χ0) is 26.4. The van der Waals surface area contributed by atoms with Gasteiger partial charge in [0.05, 0.1) is 27.4 Å². The van der Waals surface area contributed by atoms with E-state index < -0.39 is 20.8 Å². The van der Waals surface area contributed by atoms with Gasteiger partial charge in [-0.3, -0.25) is 15.1 Å². The van der Waals surface area contributed by atoms with Gasteiger partial charge in [-0.15, -0.1) is 0 Å². The second kappa shape index (κ2) is 11.2. The molecule has 4 rings (SSSR count). The third kappa shape index (κ3) is 6.48. The Bertz CT molecular complexity index is 1420. The number of ether oxygens (including phenoxy) is 1. The van der Waals surface area contributed by atoms with Crippen LogP contribution in [0.5, 0.6) is 0 Å². The van der Waals surface area contributed by atoms with Crippen LogP contribution in [0.15, 0.2) is 87.6 Å². The molecule has 1 unspecified atom stereocenters. The molecule has 1 heterocycles. The number of urea groups is 1. The van der Waals surface area contributed by atoms with Crippen LogP contribution in [-0.4, -0.2) is 44.5 Å². The van der Waals surface area contributed by atoms with Crippen LogP contribution in [0.25, 0.3) is 0 Å². The number of nitro groups is 1. The molecule has 3 aromatic rings. The number of nitrogens with two attached hydrogens (primary N) is 1. The number of amides is 2. The molecule has 0 aliphatic carbocycles. The Labute approximate surface area is 213 Å². The van der Waals surface area contributed by atoms with Gasteiger partial charge in [-0.1, -0.05) is 12.1 Å². The van der Waals surface area contributed by atoms with E-state index in [1.54, 1.807) is 24.3 Å². The smallest absolute Gasteiger partial charge is 0.323 e. The topological polar surface area (TPSA) is 166 Å². The number of amidine groups is 1. The van der Waals surface area contributed by atoms with E-state index >= 15 is 0 Å². The average Bonchev–Trinajstić information content (AvgIpc) is 3.41. The predicted molar refractivity (Wildman–Crippen MR) is 139 cm³/mol. The molecule has 192 valence electrons. The number of nitrogens with one attached hydrogen (secondary N) is 2. The Morgan fingerprint density at radius 1 is 1.03 bits per heavy atom. The fourth-order valence-electron chi connectivity index (χ4n) is 3.73. The van der Waals surface area contributed by atoms with Crippen molar-refractivity contribution >= 4 is 38.8 Å². The Morgan fingerprint density at radius 2 is 1.68 bits per heavy atom. The summed E-state index contributed by atoms with van der Waals surface area (Å²) in [6.07, 6.45) is 2.07. The summed E-state index contributed by atoms with van der Waals surface area (Å²) >= 11 is 0. The molecule has 0 spiro atoms. The largest absolute Gasteiger partial charge is 0.384 e. The molecular formula is C25H25N5O6S. The first-order valence-corrected chi connectivity index (χ1v) is 12.9. The van der Waals surface area contributed by atoms with Crippen LogP contribution < -0.4 is 16.4 Å². The Hall–Kier alpha value is -4.29. The quantitative estimate of drug-likeness (QED) is 0.174. The number of anilines is 2. The van der Waals surface area contributed by atoms with Crippen LogP contribution in [0.2, 0.25) is 0 Å². The second-order valence-electron chi connectivity index (χ2n) is 8.30. The maximum absolute atomic E-state index is 12.8.